The van der Waals surface area contributed by atoms with Gasteiger partial charge in [0.15, 0.2) is 0 Å². The summed E-state index contributed by atoms with van der Waals surface area (Å²) in [5.74, 6) is -0.389. The Labute approximate surface area is 111 Å². The molecule has 1 unspecified atom stereocenters. The second-order valence-corrected chi connectivity index (χ2v) is 4.34. The van der Waals surface area contributed by atoms with Crippen molar-refractivity contribution in [2.45, 2.75) is 18.9 Å². The van der Waals surface area contributed by atoms with Crippen molar-refractivity contribution in [1.29, 1.82) is 0 Å². The van der Waals surface area contributed by atoms with Crippen LogP contribution in [0.4, 0.5) is 0 Å². The minimum Gasteiger partial charge on any atom is -0.426 e. The molecular formula is C12H15BN2O4. The van der Waals surface area contributed by atoms with Gasteiger partial charge >= 0.3 is 7.12 Å². The Kier molecular flexibility index (Phi) is 4.54. The van der Waals surface area contributed by atoms with E-state index >= 15 is 0 Å². The molecule has 3 N–H and O–H groups in total. The highest BCUT2D eigenvalue weighted by Gasteiger charge is 2.28. The zero-order chi connectivity index (χ0) is 13.7. The van der Waals surface area contributed by atoms with Gasteiger partial charge in [0.1, 0.15) is 0 Å². The molecule has 0 saturated carbocycles. The predicted molar refractivity (Wildman–Crippen MR) is 70.3 cm³/mol. The maximum absolute atomic E-state index is 11.6. The van der Waals surface area contributed by atoms with E-state index in [0.717, 1.165) is 11.3 Å². The molecule has 2 rings (SSSR count). The lowest BCUT2D eigenvalue weighted by Crippen LogP contribution is -2.41. The van der Waals surface area contributed by atoms with Crippen LogP contribution < -0.4 is 5.32 Å². The summed E-state index contributed by atoms with van der Waals surface area (Å²) < 4.78 is 0. The second kappa shape index (κ2) is 6.35. The highest BCUT2D eigenvalue weighted by atomic mass is 16.6. The maximum Gasteiger partial charge on any atom is 0.472 e. The molecule has 1 aromatic carbocycles. The average Bonchev–Trinajstić information content (AvgIpc) is 2.85. The summed E-state index contributed by atoms with van der Waals surface area (Å²) in [4.78, 5) is 16.7. The van der Waals surface area contributed by atoms with Crippen molar-refractivity contribution in [3.8, 4) is 0 Å². The Hall–Kier alpha value is -1.86. The Morgan fingerprint density at radius 3 is 2.84 bits per heavy atom. The zero-order valence-electron chi connectivity index (χ0n) is 10.3. The molecule has 1 aromatic rings. The fraction of sp³-hybridized carbons (Fsp3) is 0.333. The summed E-state index contributed by atoms with van der Waals surface area (Å²) >= 11 is 0. The number of amides is 1. The van der Waals surface area contributed by atoms with Crippen LogP contribution in [0.2, 0.25) is 0 Å². The minimum atomic E-state index is -1.56. The smallest absolute Gasteiger partial charge is 0.426 e. The van der Waals surface area contributed by atoms with Crippen molar-refractivity contribution in [3.05, 3.63) is 35.9 Å². The lowest BCUT2D eigenvalue weighted by Gasteiger charge is -2.08. The number of nitrogens with one attached hydrogen (secondary N) is 1. The maximum atomic E-state index is 11.6. The number of carbonyl (C=O) groups is 1. The summed E-state index contributed by atoms with van der Waals surface area (Å²) in [6.45, 7) is 0. The number of benzene rings is 1. The summed E-state index contributed by atoms with van der Waals surface area (Å²) in [7, 11) is -1.56. The van der Waals surface area contributed by atoms with Crippen LogP contribution in [0.25, 0.3) is 0 Å². The highest BCUT2D eigenvalue weighted by molar-refractivity contribution is 6.41. The third kappa shape index (κ3) is 4.08. The highest BCUT2D eigenvalue weighted by Crippen LogP contribution is 2.14. The Bertz CT molecular complexity index is 464. The van der Waals surface area contributed by atoms with Crippen LogP contribution in [-0.4, -0.2) is 41.3 Å². The van der Waals surface area contributed by atoms with E-state index in [9.17, 15) is 4.79 Å². The molecule has 19 heavy (non-hydrogen) atoms. The standard InChI is InChI=1S/C12H15BN2O4/c16-12(14-8-13(17)18)11-7-10(15-19-11)6-9-4-2-1-3-5-9/h1-5,11,17-18H,6-8H2,(H,14,16). The molecule has 0 fully saturated rings. The number of oxime groups is 1. The van der Waals surface area contributed by atoms with Crippen LogP contribution in [0.1, 0.15) is 12.0 Å². The molecule has 0 radical (unpaired) electrons. The van der Waals surface area contributed by atoms with Gasteiger partial charge in [-0.05, 0) is 5.56 Å². The fourth-order valence-corrected chi connectivity index (χ4v) is 1.81. The zero-order valence-corrected chi connectivity index (χ0v) is 10.3. The fourth-order valence-electron chi connectivity index (χ4n) is 1.81. The van der Waals surface area contributed by atoms with Gasteiger partial charge in [-0.15, -0.1) is 0 Å². The summed E-state index contributed by atoms with van der Waals surface area (Å²) in [5, 5.41) is 23.6. The second-order valence-electron chi connectivity index (χ2n) is 4.34. The number of hydrogen-bond donors (Lipinski definition) is 3. The van der Waals surface area contributed by atoms with Gasteiger partial charge in [0.05, 0.1) is 12.2 Å². The molecule has 100 valence electrons. The van der Waals surface area contributed by atoms with Gasteiger partial charge in [0.2, 0.25) is 6.10 Å². The topological polar surface area (TPSA) is 91.2 Å². The minimum absolute atomic E-state index is 0.216. The van der Waals surface area contributed by atoms with Gasteiger partial charge in [-0.3, -0.25) is 4.79 Å². The van der Waals surface area contributed by atoms with Crippen LogP contribution >= 0.6 is 0 Å². The molecule has 6 nitrogen and oxygen atoms in total. The molecular weight excluding hydrogens is 247 g/mol. The first kappa shape index (κ1) is 13.6. The molecule has 0 spiro atoms. The first-order valence-corrected chi connectivity index (χ1v) is 6.04. The third-order valence-electron chi connectivity index (χ3n) is 2.73. The van der Waals surface area contributed by atoms with Gasteiger partial charge in [0.25, 0.3) is 5.91 Å². The van der Waals surface area contributed by atoms with Gasteiger partial charge in [-0.2, -0.15) is 0 Å². The van der Waals surface area contributed by atoms with Crippen molar-refractivity contribution in [2.75, 3.05) is 6.44 Å². The SMILES string of the molecule is O=C(NCB(O)O)C1CC(Cc2ccccc2)=NO1. The van der Waals surface area contributed by atoms with Crippen LogP contribution in [0.15, 0.2) is 35.5 Å². The average molecular weight is 262 g/mol. The summed E-state index contributed by atoms with van der Waals surface area (Å²) in [5.41, 5.74) is 1.91. The Balaban J connectivity index is 1.81. The van der Waals surface area contributed by atoms with E-state index in [4.69, 9.17) is 14.9 Å². The van der Waals surface area contributed by atoms with Crippen molar-refractivity contribution < 1.29 is 19.7 Å². The number of carbonyl (C=O) groups excluding carboxylic acids is 1. The van der Waals surface area contributed by atoms with E-state index in [0.29, 0.717) is 12.8 Å². The van der Waals surface area contributed by atoms with E-state index in [1.165, 1.54) is 0 Å². The summed E-state index contributed by atoms with van der Waals surface area (Å²) in [6, 6.07) is 9.79. The van der Waals surface area contributed by atoms with Crippen LogP contribution in [0.3, 0.4) is 0 Å². The number of nitrogens with zero attached hydrogens (tertiary/aromatic N) is 1. The van der Waals surface area contributed by atoms with Crippen LogP contribution in [0, 0.1) is 0 Å². The molecule has 0 aromatic heterocycles. The number of rotatable bonds is 5. The normalized spacial score (nSPS) is 17.6. The van der Waals surface area contributed by atoms with Gasteiger partial charge in [-0.25, -0.2) is 0 Å². The van der Waals surface area contributed by atoms with Crippen molar-refractivity contribution in [3.63, 3.8) is 0 Å². The molecule has 0 aliphatic carbocycles. The monoisotopic (exact) mass is 262 g/mol. The van der Waals surface area contributed by atoms with Gasteiger partial charge in [-0.1, -0.05) is 35.5 Å². The van der Waals surface area contributed by atoms with Crippen molar-refractivity contribution in [2.24, 2.45) is 5.16 Å². The lowest BCUT2D eigenvalue weighted by atomic mass is 9.92. The Morgan fingerprint density at radius 2 is 2.16 bits per heavy atom. The van der Waals surface area contributed by atoms with Crippen molar-refractivity contribution in [1.82, 2.24) is 5.32 Å². The third-order valence-corrected chi connectivity index (χ3v) is 2.73. The molecule has 0 saturated heterocycles. The molecule has 1 amide bonds. The molecule has 7 heteroatoms. The quantitative estimate of drug-likeness (QED) is 0.624. The first-order valence-electron chi connectivity index (χ1n) is 6.04. The first-order chi connectivity index (χ1) is 9.15. The van der Waals surface area contributed by atoms with E-state index in [-0.39, 0.29) is 12.4 Å². The summed E-state index contributed by atoms with van der Waals surface area (Å²) in [6.07, 6.45) is 0.167. The lowest BCUT2D eigenvalue weighted by molar-refractivity contribution is -0.130. The molecule has 1 heterocycles. The predicted octanol–water partition coefficient (Wildman–Crippen LogP) is -0.498. The molecule has 1 aliphatic heterocycles. The van der Waals surface area contributed by atoms with Gasteiger partial charge < -0.3 is 20.2 Å². The van der Waals surface area contributed by atoms with E-state index < -0.39 is 13.2 Å². The molecule has 1 aliphatic rings. The molecule has 0 bridgehead atoms. The largest absolute Gasteiger partial charge is 0.472 e. The van der Waals surface area contributed by atoms with Crippen molar-refractivity contribution >= 4 is 18.7 Å². The van der Waals surface area contributed by atoms with E-state index in [2.05, 4.69) is 10.5 Å². The van der Waals surface area contributed by atoms with E-state index in [1.54, 1.807) is 0 Å². The van der Waals surface area contributed by atoms with E-state index in [1.807, 2.05) is 30.3 Å². The van der Waals surface area contributed by atoms with Gasteiger partial charge in [0, 0.05) is 12.8 Å². The Morgan fingerprint density at radius 1 is 1.42 bits per heavy atom. The van der Waals surface area contributed by atoms with Crippen LogP contribution in [0.5, 0.6) is 0 Å². The van der Waals surface area contributed by atoms with Crippen LogP contribution in [-0.2, 0) is 16.1 Å². The molecule has 1 atom stereocenters. The number of hydrogen-bond acceptors (Lipinski definition) is 5.